The van der Waals surface area contributed by atoms with E-state index in [9.17, 15) is 9.59 Å². The van der Waals surface area contributed by atoms with Gasteiger partial charge in [0.05, 0.1) is 13.0 Å². The zero-order chi connectivity index (χ0) is 8.46. The van der Waals surface area contributed by atoms with Crippen LogP contribution in [0.2, 0.25) is 0 Å². The Kier molecular flexibility index (Phi) is 0.955. The molecule has 0 aromatic rings. The fourth-order valence-electron chi connectivity index (χ4n) is 3.30. The van der Waals surface area contributed by atoms with Crippen LogP contribution in [-0.4, -0.2) is 18.9 Å². The molecule has 0 N–H and O–H groups in total. The van der Waals surface area contributed by atoms with E-state index in [2.05, 4.69) is 4.74 Å². The fourth-order valence-corrected chi connectivity index (χ4v) is 3.30. The fraction of sp³-hybridized carbons (Fsp3) is 0.778. The first-order valence-corrected chi connectivity index (χ1v) is 4.37. The first kappa shape index (κ1) is 6.63. The van der Waals surface area contributed by atoms with Crippen LogP contribution < -0.4 is 0 Å². The summed E-state index contributed by atoms with van der Waals surface area (Å²) in [6, 6.07) is 0. The molecule has 12 heavy (non-hydrogen) atoms. The Morgan fingerprint density at radius 3 is 2.67 bits per heavy atom. The van der Waals surface area contributed by atoms with Crippen molar-refractivity contribution in [2.75, 3.05) is 7.11 Å². The molecule has 0 heterocycles. The molecule has 3 nitrogen and oxygen atoms in total. The van der Waals surface area contributed by atoms with Crippen molar-refractivity contribution in [1.82, 2.24) is 0 Å². The molecule has 0 saturated heterocycles. The third kappa shape index (κ3) is 0.490. The highest BCUT2D eigenvalue weighted by molar-refractivity contribution is 5.98. The summed E-state index contributed by atoms with van der Waals surface area (Å²) in [5.41, 5.74) is 0. The third-order valence-electron chi connectivity index (χ3n) is 3.77. The summed E-state index contributed by atoms with van der Waals surface area (Å²) in [5.74, 6) is 1.29. The van der Waals surface area contributed by atoms with Crippen LogP contribution in [0.1, 0.15) is 6.42 Å². The van der Waals surface area contributed by atoms with Crippen molar-refractivity contribution in [1.29, 1.82) is 0 Å². The summed E-state index contributed by atoms with van der Waals surface area (Å²) in [7, 11) is 1.40. The van der Waals surface area contributed by atoms with Crippen molar-refractivity contribution in [3.63, 3.8) is 0 Å². The van der Waals surface area contributed by atoms with Crippen molar-refractivity contribution in [2.45, 2.75) is 6.42 Å². The maximum atomic E-state index is 11.4. The van der Waals surface area contributed by atoms with E-state index in [0.29, 0.717) is 17.6 Å². The van der Waals surface area contributed by atoms with E-state index in [1.807, 2.05) is 0 Å². The first-order chi connectivity index (χ1) is 5.75. The standard InChI is InChI=1S/C9H10O3/c1-12-9(11)7-4-2-3-5(7)6(3)8(4)10/h3-7H,2H2,1H3/t3-,4-,5-,6-,7+/m1/s1. The molecular formula is C9H10O3. The summed E-state index contributed by atoms with van der Waals surface area (Å²) in [6.45, 7) is 0. The summed E-state index contributed by atoms with van der Waals surface area (Å²) < 4.78 is 4.69. The van der Waals surface area contributed by atoms with Crippen molar-refractivity contribution >= 4 is 11.8 Å². The Balaban J connectivity index is 1.93. The molecule has 5 atom stereocenters. The largest absolute Gasteiger partial charge is 0.469 e. The van der Waals surface area contributed by atoms with Crippen LogP contribution in [0.3, 0.4) is 0 Å². The number of methoxy groups -OCH3 is 1. The summed E-state index contributed by atoms with van der Waals surface area (Å²) in [5, 5.41) is 0. The van der Waals surface area contributed by atoms with E-state index < -0.39 is 0 Å². The third-order valence-corrected chi connectivity index (χ3v) is 3.77. The molecule has 64 valence electrons. The van der Waals surface area contributed by atoms with Gasteiger partial charge in [-0.15, -0.1) is 0 Å². The lowest BCUT2D eigenvalue weighted by molar-refractivity contribution is -0.147. The quantitative estimate of drug-likeness (QED) is 0.524. The molecule has 3 heteroatoms. The molecule has 0 aromatic carbocycles. The van der Waals surface area contributed by atoms with E-state index in [-0.39, 0.29) is 23.7 Å². The van der Waals surface area contributed by atoms with Gasteiger partial charge in [0.15, 0.2) is 0 Å². The lowest BCUT2D eigenvalue weighted by Crippen LogP contribution is -2.21. The van der Waals surface area contributed by atoms with Crippen LogP contribution in [-0.2, 0) is 14.3 Å². The van der Waals surface area contributed by atoms with Gasteiger partial charge in [-0.05, 0) is 18.3 Å². The average molecular weight is 166 g/mol. The van der Waals surface area contributed by atoms with Gasteiger partial charge < -0.3 is 4.74 Å². The SMILES string of the molecule is COC(=O)[C@@H]1[C@@H]2[C@H]3C[C@H]1C(=O)[C@H]32. The minimum atomic E-state index is -0.166. The van der Waals surface area contributed by atoms with E-state index in [4.69, 9.17) is 0 Å². The number of carbonyl (C=O) groups is 2. The molecule has 4 fully saturated rings. The molecule has 0 radical (unpaired) electrons. The number of esters is 1. The molecule has 0 aliphatic heterocycles. The molecule has 0 aromatic heterocycles. The molecule has 4 aliphatic carbocycles. The van der Waals surface area contributed by atoms with E-state index in [1.165, 1.54) is 7.11 Å². The lowest BCUT2D eigenvalue weighted by atomic mass is 9.98. The van der Waals surface area contributed by atoms with E-state index in [1.54, 1.807) is 0 Å². The smallest absolute Gasteiger partial charge is 0.309 e. The van der Waals surface area contributed by atoms with Crippen LogP contribution >= 0.6 is 0 Å². The van der Waals surface area contributed by atoms with E-state index >= 15 is 0 Å². The van der Waals surface area contributed by atoms with Crippen LogP contribution in [0.4, 0.5) is 0 Å². The van der Waals surface area contributed by atoms with Crippen LogP contribution in [0.15, 0.2) is 0 Å². The summed E-state index contributed by atoms with van der Waals surface area (Å²) >= 11 is 0. The normalized spacial score (nSPS) is 52.8. The van der Waals surface area contributed by atoms with Crippen LogP contribution in [0, 0.1) is 29.6 Å². The Hall–Kier alpha value is -0.860. The van der Waals surface area contributed by atoms with Gasteiger partial charge in [-0.3, -0.25) is 9.59 Å². The predicted molar refractivity (Wildman–Crippen MR) is 39.1 cm³/mol. The average Bonchev–Trinajstić information content (AvgIpc) is 2.42. The molecule has 0 amide bonds. The van der Waals surface area contributed by atoms with Gasteiger partial charge in [0.25, 0.3) is 0 Å². The molecule has 0 spiro atoms. The number of hydrogen-bond donors (Lipinski definition) is 0. The van der Waals surface area contributed by atoms with Gasteiger partial charge in [0.1, 0.15) is 5.78 Å². The second-order valence-electron chi connectivity index (χ2n) is 4.06. The summed E-state index contributed by atoms with van der Waals surface area (Å²) in [4.78, 5) is 22.7. The summed E-state index contributed by atoms with van der Waals surface area (Å²) in [6.07, 6.45) is 0.952. The molecular weight excluding hydrogens is 156 g/mol. The molecule has 4 saturated carbocycles. The zero-order valence-corrected chi connectivity index (χ0v) is 6.82. The van der Waals surface area contributed by atoms with Gasteiger partial charge in [-0.2, -0.15) is 0 Å². The lowest BCUT2D eigenvalue weighted by Gasteiger charge is -2.09. The molecule has 4 aliphatic rings. The van der Waals surface area contributed by atoms with Crippen molar-refractivity contribution in [2.24, 2.45) is 29.6 Å². The van der Waals surface area contributed by atoms with Crippen LogP contribution in [0.25, 0.3) is 0 Å². The zero-order valence-electron chi connectivity index (χ0n) is 6.82. The van der Waals surface area contributed by atoms with Gasteiger partial charge in [-0.1, -0.05) is 0 Å². The number of rotatable bonds is 1. The van der Waals surface area contributed by atoms with Gasteiger partial charge >= 0.3 is 5.97 Å². The molecule has 4 bridgehead atoms. The molecule has 0 unspecified atom stereocenters. The maximum Gasteiger partial charge on any atom is 0.309 e. The monoisotopic (exact) mass is 166 g/mol. The highest BCUT2D eigenvalue weighted by atomic mass is 16.5. The van der Waals surface area contributed by atoms with Gasteiger partial charge in [0.2, 0.25) is 0 Å². The highest BCUT2D eigenvalue weighted by Gasteiger charge is 2.75. The van der Waals surface area contributed by atoms with Crippen molar-refractivity contribution in [3.05, 3.63) is 0 Å². The topological polar surface area (TPSA) is 43.4 Å². The predicted octanol–water partition coefficient (Wildman–Crippen LogP) is 0.240. The van der Waals surface area contributed by atoms with Crippen molar-refractivity contribution in [3.8, 4) is 0 Å². The van der Waals surface area contributed by atoms with E-state index in [0.717, 1.165) is 6.42 Å². The van der Waals surface area contributed by atoms with Gasteiger partial charge in [-0.25, -0.2) is 0 Å². The Morgan fingerprint density at radius 2 is 2.33 bits per heavy atom. The van der Waals surface area contributed by atoms with Crippen molar-refractivity contribution < 1.29 is 14.3 Å². The minimum Gasteiger partial charge on any atom is -0.469 e. The Bertz CT molecular complexity index is 283. The minimum absolute atomic E-state index is 0.0254. The Labute approximate surface area is 70.1 Å². The number of carbonyl (C=O) groups excluding carboxylic acids is 2. The number of ether oxygens (including phenoxy) is 1. The van der Waals surface area contributed by atoms with Gasteiger partial charge in [0, 0.05) is 11.8 Å². The molecule has 4 rings (SSSR count). The second-order valence-corrected chi connectivity index (χ2v) is 4.06. The van der Waals surface area contributed by atoms with Crippen LogP contribution in [0.5, 0.6) is 0 Å². The highest BCUT2D eigenvalue weighted by Crippen LogP contribution is 2.71. The first-order valence-electron chi connectivity index (χ1n) is 4.37. The number of Topliss-reactive ketones (excluding diaryl/α,β-unsaturated/α-hetero) is 1. The number of ketones is 1. The number of hydrogen-bond acceptors (Lipinski definition) is 3. The second kappa shape index (κ2) is 1.73. The maximum absolute atomic E-state index is 11.4. The Morgan fingerprint density at radius 1 is 1.58 bits per heavy atom.